The first-order chi connectivity index (χ1) is 3.39. The molecule has 1 saturated carbocycles. The Balaban J connectivity index is 0.000000490. The predicted octanol–water partition coefficient (Wildman–Crippen LogP) is 1.28. The third kappa shape index (κ3) is 2.88. The second kappa shape index (κ2) is 4.57. The fourth-order valence-electron chi connectivity index (χ4n) is 1.13. The van der Waals surface area contributed by atoms with Gasteiger partial charge < -0.3 is 5.73 Å². The zero-order valence-corrected chi connectivity index (χ0v) is 6.47. The van der Waals surface area contributed by atoms with Crippen molar-refractivity contribution in [2.24, 2.45) is 5.73 Å². The minimum atomic E-state index is 0. The molecule has 53 valence electrons. The smallest absolute Gasteiger partial charge is 0.00388 e. The molecule has 0 spiro atoms. The van der Waals surface area contributed by atoms with Crippen molar-refractivity contribution in [1.29, 1.82) is 0 Å². The number of nitrogens with two attached hydrogens (primary N) is 1. The van der Waals surface area contributed by atoms with Crippen molar-refractivity contribution in [1.82, 2.24) is 0 Å². The Bertz CT molecular complexity index is 50.5. The molecule has 1 nitrogen and oxygen atoms in total. The van der Waals surface area contributed by atoms with E-state index >= 15 is 0 Å². The van der Waals surface area contributed by atoms with E-state index in [1.165, 1.54) is 32.1 Å². The molecule has 1 radical (unpaired) electrons. The summed E-state index contributed by atoms with van der Waals surface area (Å²) in [6, 6.07) is 0.536. The van der Waals surface area contributed by atoms with Gasteiger partial charge in [-0.1, -0.05) is 19.3 Å². The van der Waals surface area contributed by atoms with E-state index in [-0.39, 0.29) is 22.4 Å². The molecule has 0 atom stereocenters. The molecule has 0 heterocycles. The molecule has 0 aromatic carbocycles. The summed E-state index contributed by atoms with van der Waals surface area (Å²) in [5.74, 6) is 0. The molecule has 2 heteroatoms. The van der Waals surface area contributed by atoms with Gasteiger partial charge in [0.15, 0.2) is 0 Å². The van der Waals surface area contributed by atoms with Gasteiger partial charge in [-0.2, -0.15) is 0 Å². The summed E-state index contributed by atoms with van der Waals surface area (Å²) >= 11 is 0. The van der Waals surface area contributed by atoms with Crippen LogP contribution in [-0.4, -0.2) is 6.04 Å². The molecule has 1 fully saturated rings. The average molecular weight is 207 g/mol. The van der Waals surface area contributed by atoms with Gasteiger partial charge in [0.05, 0.1) is 0 Å². The van der Waals surface area contributed by atoms with Gasteiger partial charge in [0.1, 0.15) is 0 Å². The monoisotopic (exact) mass is 206 g/mol. The Kier molecular flexibility index (Phi) is 4.97. The third-order valence-corrected chi connectivity index (χ3v) is 1.65. The van der Waals surface area contributed by atoms with E-state index in [9.17, 15) is 0 Å². The molecule has 0 aromatic heterocycles. The van der Waals surface area contributed by atoms with E-state index in [0.717, 1.165) is 0 Å². The summed E-state index contributed by atoms with van der Waals surface area (Å²) in [6.07, 6.45) is 6.66. The van der Waals surface area contributed by atoms with E-state index in [1.54, 1.807) is 0 Å². The quantitative estimate of drug-likeness (QED) is 0.595. The van der Waals surface area contributed by atoms with Gasteiger partial charge in [0.25, 0.3) is 0 Å². The fourth-order valence-corrected chi connectivity index (χ4v) is 1.13. The van der Waals surface area contributed by atoms with Gasteiger partial charge >= 0.3 is 0 Å². The Morgan fingerprint density at radius 3 is 1.75 bits per heavy atom. The van der Waals surface area contributed by atoms with Crippen molar-refractivity contribution >= 4 is 0 Å². The van der Waals surface area contributed by atoms with E-state index in [2.05, 4.69) is 0 Å². The topological polar surface area (TPSA) is 26.0 Å². The molecule has 2 N–H and O–H groups in total. The Morgan fingerprint density at radius 2 is 1.50 bits per heavy atom. The standard InChI is InChI=1S/C6H13N.Ag/c7-6-4-2-1-3-5-6;/h6H,1-5,7H2;. The zero-order chi connectivity index (χ0) is 5.11. The summed E-state index contributed by atoms with van der Waals surface area (Å²) in [5, 5.41) is 0. The maximum atomic E-state index is 5.63. The van der Waals surface area contributed by atoms with Crippen LogP contribution in [0, 0.1) is 0 Å². The second-order valence-corrected chi connectivity index (χ2v) is 2.40. The van der Waals surface area contributed by atoms with Gasteiger partial charge in [-0.05, 0) is 12.8 Å². The van der Waals surface area contributed by atoms with Crippen molar-refractivity contribution in [2.45, 2.75) is 38.1 Å². The molecule has 0 amide bonds. The Labute approximate surface area is 66.5 Å². The Morgan fingerprint density at radius 1 is 1.00 bits per heavy atom. The average Bonchev–Trinajstić information content (AvgIpc) is 1.69. The second-order valence-electron chi connectivity index (χ2n) is 2.40. The zero-order valence-electron chi connectivity index (χ0n) is 4.99. The molecule has 0 unspecified atom stereocenters. The van der Waals surface area contributed by atoms with Gasteiger partial charge in [-0.3, -0.25) is 0 Å². The van der Waals surface area contributed by atoms with E-state index in [1.807, 2.05) is 0 Å². The molecule has 0 saturated heterocycles. The fraction of sp³-hybridized carbons (Fsp3) is 1.00. The largest absolute Gasteiger partial charge is 0.328 e. The Hall–Kier alpha value is 0.700. The molecule has 0 bridgehead atoms. The number of hydrogen-bond donors (Lipinski definition) is 1. The number of rotatable bonds is 0. The summed E-state index contributed by atoms with van der Waals surface area (Å²) in [6.45, 7) is 0. The maximum Gasteiger partial charge on any atom is 0.00388 e. The normalized spacial score (nSPS) is 22.1. The van der Waals surface area contributed by atoms with Crippen LogP contribution in [0.2, 0.25) is 0 Å². The molecule has 1 rings (SSSR count). The van der Waals surface area contributed by atoms with Crippen LogP contribution in [0.5, 0.6) is 0 Å². The van der Waals surface area contributed by atoms with Gasteiger partial charge in [0.2, 0.25) is 0 Å². The van der Waals surface area contributed by atoms with E-state index in [4.69, 9.17) is 5.73 Å². The van der Waals surface area contributed by atoms with Gasteiger partial charge in [-0.15, -0.1) is 0 Å². The van der Waals surface area contributed by atoms with E-state index < -0.39 is 0 Å². The van der Waals surface area contributed by atoms with Gasteiger partial charge in [-0.25, -0.2) is 0 Å². The minimum Gasteiger partial charge on any atom is -0.328 e. The first kappa shape index (κ1) is 8.70. The molecule has 8 heavy (non-hydrogen) atoms. The molecule has 1 aliphatic carbocycles. The van der Waals surface area contributed by atoms with Crippen molar-refractivity contribution in [3.63, 3.8) is 0 Å². The predicted molar refractivity (Wildman–Crippen MR) is 31.1 cm³/mol. The van der Waals surface area contributed by atoms with Crippen LogP contribution in [0.4, 0.5) is 0 Å². The maximum absolute atomic E-state index is 5.63. The van der Waals surface area contributed by atoms with Crippen LogP contribution in [-0.2, 0) is 22.4 Å². The van der Waals surface area contributed by atoms with Crippen LogP contribution in [0.15, 0.2) is 0 Å². The number of hydrogen-bond acceptors (Lipinski definition) is 1. The van der Waals surface area contributed by atoms with Gasteiger partial charge in [0, 0.05) is 28.4 Å². The van der Waals surface area contributed by atoms with Crippen molar-refractivity contribution in [2.75, 3.05) is 0 Å². The molecule has 1 aliphatic rings. The molecule has 0 aromatic rings. The summed E-state index contributed by atoms with van der Waals surface area (Å²) in [4.78, 5) is 0. The van der Waals surface area contributed by atoms with Crippen LogP contribution in [0.1, 0.15) is 32.1 Å². The van der Waals surface area contributed by atoms with Crippen molar-refractivity contribution in [3.8, 4) is 0 Å². The molecule has 0 aliphatic heterocycles. The van der Waals surface area contributed by atoms with Crippen LogP contribution < -0.4 is 5.73 Å². The van der Waals surface area contributed by atoms with Crippen LogP contribution >= 0.6 is 0 Å². The van der Waals surface area contributed by atoms with Crippen molar-refractivity contribution in [3.05, 3.63) is 0 Å². The van der Waals surface area contributed by atoms with Crippen molar-refractivity contribution < 1.29 is 22.4 Å². The molecular formula is C6H13AgN. The summed E-state index contributed by atoms with van der Waals surface area (Å²) in [5.41, 5.74) is 5.63. The molecular weight excluding hydrogens is 194 g/mol. The van der Waals surface area contributed by atoms with Crippen LogP contribution in [0.25, 0.3) is 0 Å². The first-order valence-electron chi connectivity index (χ1n) is 3.15. The first-order valence-corrected chi connectivity index (χ1v) is 3.15. The van der Waals surface area contributed by atoms with E-state index in [0.29, 0.717) is 6.04 Å². The van der Waals surface area contributed by atoms with Crippen LogP contribution in [0.3, 0.4) is 0 Å². The third-order valence-electron chi connectivity index (χ3n) is 1.65. The summed E-state index contributed by atoms with van der Waals surface area (Å²) in [7, 11) is 0. The SMILES string of the molecule is NC1CCCCC1.[Ag]. The summed E-state index contributed by atoms with van der Waals surface area (Å²) < 4.78 is 0. The minimum absolute atomic E-state index is 0.